The molecule has 0 spiro atoms. The molecule has 2 N–H and O–H groups in total. The van der Waals surface area contributed by atoms with Crippen molar-refractivity contribution in [3.05, 3.63) is 105 Å². The molecule has 5 rings (SSSR count). The van der Waals surface area contributed by atoms with E-state index < -0.39 is 12.0 Å². The first-order valence-corrected chi connectivity index (χ1v) is 15.3. The number of hydrogen-bond acceptors (Lipinski definition) is 7. The van der Waals surface area contributed by atoms with Crippen LogP contribution < -0.4 is 20.9 Å². The fourth-order valence-corrected chi connectivity index (χ4v) is 5.67. The lowest BCUT2D eigenvalue weighted by molar-refractivity contribution is -0.149. The van der Waals surface area contributed by atoms with Gasteiger partial charge in [0.1, 0.15) is 11.8 Å². The van der Waals surface area contributed by atoms with E-state index in [0.717, 1.165) is 62.2 Å². The Balaban J connectivity index is 1.08. The van der Waals surface area contributed by atoms with Gasteiger partial charge in [-0.1, -0.05) is 59.6 Å². The third kappa shape index (κ3) is 8.09. The van der Waals surface area contributed by atoms with Crippen molar-refractivity contribution >= 4 is 45.8 Å². The van der Waals surface area contributed by atoms with E-state index in [1.54, 1.807) is 6.07 Å². The van der Waals surface area contributed by atoms with Gasteiger partial charge in [0.2, 0.25) is 0 Å². The second-order valence-electron chi connectivity index (χ2n) is 10.7. The maximum Gasteiger partial charge on any atom is 0.324 e. The van der Waals surface area contributed by atoms with Crippen LogP contribution in [0.25, 0.3) is 10.9 Å². The number of nitrogens with zero attached hydrogens (tertiary/aromatic N) is 3. The number of rotatable bonds is 12. The third-order valence-corrected chi connectivity index (χ3v) is 8.49. The quantitative estimate of drug-likeness (QED) is 0.168. The average Bonchev–Trinajstić information content (AvgIpc) is 3.02. The summed E-state index contributed by atoms with van der Waals surface area (Å²) in [6.45, 7) is 5.08. The van der Waals surface area contributed by atoms with Crippen LogP contribution in [0.1, 0.15) is 18.4 Å². The summed E-state index contributed by atoms with van der Waals surface area (Å²) < 4.78 is 12.9. The molecule has 1 fully saturated rings. The van der Waals surface area contributed by atoms with E-state index in [9.17, 15) is 9.59 Å². The SMILES string of the molecule is NC(Cc1ccccc1)C(=O)OCn1c(=O)ccc2ccc(OCCCCN3CCN(c4cccc(Cl)c4Cl)CC3)cc21. The highest BCUT2D eigenvalue weighted by molar-refractivity contribution is 6.43. The Morgan fingerprint density at radius 3 is 2.47 bits per heavy atom. The standard InChI is InChI=1S/C33H36Cl2N4O4/c34-27-9-6-10-29(32(27)35)38-18-16-37(17-19-38)15-4-5-20-42-26-13-11-25-12-14-31(40)39(30(25)22-26)23-43-33(41)28(36)21-24-7-2-1-3-8-24/h1-3,6-14,22,28H,4-5,15-21,23,36H2. The molecule has 43 heavy (non-hydrogen) atoms. The minimum absolute atomic E-state index is 0.224. The van der Waals surface area contributed by atoms with Crippen molar-refractivity contribution in [2.45, 2.75) is 32.0 Å². The van der Waals surface area contributed by atoms with Gasteiger partial charge in [-0.15, -0.1) is 0 Å². The number of unbranched alkanes of at least 4 members (excludes halogenated alkanes) is 1. The van der Waals surface area contributed by atoms with Crippen molar-refractivity contribution in [3.8, 4) is 5.75 Å². The number of anilines is 1. The largest absolute Gasteiger partial charge is 0.494 e. The lowest BCUT2D eigenvalue weighted by Gasteiger charge is -2.36. The third-order valence-electron chi connectivity index (χ3n) is 7.68. The normalized spacial score (nSPS) is 14.5. The van der Waals surface area contributed by atoms with Gasteiger partial charge in [0.15, 0.2) is 6.73 Å². The maximum absolute atomic E-state index is 12.7. The van der Waals surface area contributed by atoms with Crippen molar-refractivity contribution in [2.75, 3.05) is 44.2 Å². The van der Waals surface area contributed by atoms with Crippen LogP contribution in [0.5, 0.6) is 5.75 Å². The van der Waals surface area contributed by atoms with Crippen LogP contribution in [0.15, 0.2) is 83.7 Å². The molecule has 8 nitrogen and oxygen atoms in total. The Labute approximate surface area is 261 Å². The number of nitrogens with two attached hydrogens (primary N) is 1. The Hall–Kier alpha value is -3.56. The summed E-state index contributed by atoms with van der Waals surface area (Å²) in [5.41, 5.74) is 8.36. The number of piperazine rings is 1. The Morgan fingerprint density at radius 1 is 0.907 bits per heavy atom. The number of benzene rings is 3. The topological polar surface area (TPSA) is 90.0 Å². The first-order valence-electron chi connectivity index (χ1n) is 14.5. The number of aromatic nitrogens is 1. The molecule has 0 aliphatic carbocycles. The van der Waals surface area contributed by atoms with Gasteiger partial charge in [-0.05, 0) is 67.1 Å². The minimum Gasteiger partial charge on any atom is -0.494 e. The highest BCUT2D eigenvalue weighted by Gasteiger charge is 2.20. The monoisotopic (exact) mass is 622 g/mol. The summed E-state index contributed by atoms with van der Waals surface area (Å²) in [5.74, 6) is 0.0980. The van der Waals surface area contributed by atoms with Crippen LogP contribution in [-0.4, -0.2) is 60.8 Å². The van der Waals surface area contributed by atoms with Gasteiger partial charge in [-0.25, -0.2) is 0 Å². The lowest BCUT2D eigenvalue weighted by atomic mass is 10.1. The van der Waals surface area contributed by atoms with Gasteiger partial charge in [0.25, 0.3) is 5.56 Å². The van der Waals surface area contributed by atoms with E-state index in [4.69, 9.17) is 38.4 Å². The van der Waals surface area contributed by atoms with E-state index in [-0.39, 0.29) is 12.3 Å². The summed E-state index contributed by atoms with van der Waals surface area (Å²) >= 11 is 12.6. The number of hydrogen-bond donors (Lipinski definition) is 1. The Kier molecular flexibility index (Phi) is 10.6. The first kappa shape index (κ1) is 30.9. The molecule has 1 aliphatic heterocycles. The van der Waals surface area contributed by atoms with Gasteiger partial charge in [-0.3, -0.25) is 19.1 Å². The predicted molar refractivity (Wildman–Crippen MR) is 172 cm³/mol. The number of esters is 1. The van der Waals surface area contributed by atoms with Gasteiger partial charge >= 0.3 is 5.97 Å². The summed E-state index contributed by atoms with van der Waals surface area (Å²) in [7, 11) is 0. The number of pyridine rings is 1. The second-order valence-corrected chi connectivity index (χ2v) is 11.5. The van der Waals surface area contributed by atoms with Crippen LogP contribution in [-0.2, 0) is 22.7 Å². The molecule has 10 heteroatoms. The number of halogens is 2. The average molecular weight is 624 g/mol. The Morgan fingerprint density at radius 2 is 1.67 bits per heavy atom. The van der Waals surface area contributed by atoms with E-state index in [2.05, 4.69) is 9.80 Å². The molecule has 1 aromatic heterocycles. The zero-order valence-electron chi connectivity index (χ0n) is 24.0. The van der Waals surface area contributed by atoms with Crippen LogP contribution in [0.2, 0.25) is 10.0 Å². The molecule has 0 saturated carbocycles. The molecule has 1 unspecified atom stereocenters. The molecule has 4 aromatic rings. The molecule has 3 aromatic carbocycles. The van der Waals surface area contributed by atoms with Crippen LogP contribution in [0.3, 0.4) is 0 Å². The van der Waals surface area contributed by atoms with Crippen molar-refractivity contribution in [1.29, 1.82) is 0 Å². The van der Waals surface area contributed by atoms with Gasteiger partial charge < -0.3 is 20.1 Å². The number of carbonyl (C=O) groups excluding carboxylic acids is 1. The van der Waals surface area contributed by atoms with Gasteiger partial charge in [-0.2, -0.15) is 0 Å². The van der Waals surface area contributed by atoms with Crippen molar-refractivity contribution < 1.29 is 14.3 Å². The summed E-state index contributed by atoms with van der Waals surface area (Å²) in [4.78, 5) is 30.0. The van der Waals surface area contributed by atoms with Gasteiger partial charge in [0, 0.05) is 38.3 Å². The number of fused-ring (bicyclic) bond motifs is 1. The van der Waals surface area contributed by atoms with Crippen molar-refractivity contribution in [1.82, 2.24) is 9.47 Å². The van der Waals surface area contributed by atoms with Crippen LogP contribution in [0, 0.1) is 0 Å². The molecular formula is C33H36Cl2N4O4. The summed E-state index contributed by atoms with van der Waals surface area (Å²) in [5, 5.41) is 2.04. The molecule has 0 bridgehead atoms. The molecule has 226 valence electrons. The van der Waals surface area contributed by atoms with E-state index >= 15 is 0 Å². The summed E-state index contributed by atoms with van der Waals surface area (Å²) in [6, 6.07) is 23.3. The fraction of sp³-hybridized carbons (Fsp3) is 0.333. The number of ether oxygens (including phenoxy) is 2. The molecule has 0 amide bonds. The van der Waals surface area contributed by atoms with Gasteiger partial charge in [0.05, 0.1) is 27.9 Å². The zero-order chi connectivity index (χ0) is 30.2. The smallest absolute Gasteiger partial charge is 0.324 e. The molecule has 0 radical (unpaired) electrons. The second kappa shape index (κ2) is 14.8. The molecule has 1 saturated heterocycles. The Bertz CT molecular complexity index is 1590. The highest BCUT2D eigenvalue weighted by Crippen LogP contribution is 2.33. The first-order chi connectivity index (χ1) is 20.9. The molecular weight excluding hydrogens is 587 g/mol. The zero-order valence-corrected chi connectivity index (χ0v) is 25.5. The summed E-state index contributed by atoms with van der Waals surface area (Å²) in [6.07, 6.45) is 2.27. The van der Waals surface area contributed by atoms with Crippen molar-refractivity contribution in [2.24, 2.45) is 5.73 Å². The van der Waals surface area contributed by atoms with Crippen molar-refractivity contribution in [3.63, 3.8) is 0 Å². The van der Waals surface area contributed by atoms with E-state index in [1.807, 2.05) is 66.7 Å². The van der Waals surface area contributed by atoms with E-state index in [1.165, 1.54) is 10.6 Å². The molecule has 1 atom stereocenters. The fourth-order valence-electron chi connectivity index (χ4n) is 5.25. The van der Waals surface area contributed by atoms with E-state index in [0.29, 0.717) is 34.3 Å². The predicted octanol–water partition coefficient (Wildman–Crippen LogP) is 5.36. The molecule has 1 aliphatic rings. The van der Waals surface area contributed by atoms with Crippen LogP contribution in [0.4, 0.5) is 5.69 Å². The highest BCUT2D eigenvalue weighted by atomic mass is 35.5. The minimum atomic E-state index is -0.822. The maximum atomic E-state index is 12.7. The number of carbonyl (C=O) groups is 1. The molecule has 2 heterocycles. The lowest BCUT2D eigenvalue weighted by Crippen LogP contribution is -2.46. The van der Waals surface area contributed by atoms with Crippen LogP contribution >= 0.6 is 23.2 Å².